The van der Waals surface area contributed by atoms with Crippen molar-refractivity contribution in [2.24, 2.45) is 0 Å². The summed E-state index contributed by atoms with van der Waals surface area (Å²) in [7, 11) is 1.41. The number of hydrogen-bond acceptors (Lipinski definition) is 2. The molecule has 1 aromatic carbocycles. The predicted octanol–water partition coefficient (Wildman–Crippen LogP) is 1.22. The number of hydrogen-bond donors (Lipinski definition) is 1. The van der Waals surface area contributed by atoms with Crippen molar-refractivity contribution in [2.75, 3.05) is 7.05 Å². The first-order valence-corrected chi connectivity index (χ1v) is 4.81. The Hall–Kier alpha value is -1.91. The maximum atomic E-state index is 12.8. The fraction of sp³-hybridized carbons (Fsp3) is 0.273. The first kappa shape index (κ1) is 10.6. The lowest BCUT2D eigenvalue weighted by Crippen LogP contribution is -2.40. The molecule has 3 amide bonds. The molecule has 1 aliphatic rings. The topological polar surface area (TPSA) is 49.4 Å². The number of carbonyl (C=O) groups excluding carboxylic acids is 2. The quantitative estimate of drug-likeness (QED) is 0.726. The van der Waals surface area contributed by atoms with E-state index in [1.807, 2.05) is 0 Å². The van der Waals surface area contributed by atoms with Gasteiger partial charge in [0.15, 0.2) is 0 Å². The Bertz CT molecular complexity index is 458. The lowest BCUT2D eigenvalue weighted by atomic mass is 9.92. The van der Waals surface area contributed by atoms with Gasteiger partial charge in [-0.2, -0.15) is 0 Å². The number of rotatable bonds is 1. The molecule has 16 heavy (non-hydrogen) atoms. The van der Waals surface area contributed by atoms with E-state index in [2.05, 4.69) is 5.32 Å². The highest BCUT2D eigenvalue weighted by molar-refractivity contribution is 6.06. The van der Waals surface area contributed by atoms with Gasteiger partial charge < -0.3 is 5.32 Å². The van der Waals surface area contributed by atoms with E-state index in [0.29, 0.717) is 5.56 Å². The van der Waals surface area contributed by atoms with Gasteiger partial charge in [-0.15, -0.1) is 0 Å². The first-order valence-electron chi connectivity index (χ1n) is 4.81. The van der Waals surface area contributed by atoms with Gasteiger partial charge in [0.1, 0.15) is 11.4 Å². The lowest BCUT2D eigenvalue weighted by molar-refractivity contribution is -0.130. The van der Waals surface area contributed by atoms with Crippen molar-refractivity contribution < 1.29 is 14.0 Å². The number of carbonyl (C=O) groups is 2. The number of likely N-dealkylation sites (N-methyl/N-ethyl adjacent to an activating group) is 1. The molecular formula is C11H11FN2O2. The van der Waals surface area contributed by atoms with Crippen LogP contribution >= 0.6 is 0 Å². The van der Waals surface area contributed by atoms with Crippen LogP contribution in [-0.2, 0) is 10.3 Å². The monoisotopic (exact) mass is 222 g/mol. The second kappa shape index (κ2) is 3.30. The molecule has 2 rings (SSSR count). The summed E-state index contributed by atoms with van der Waals surface area (Å²) in [5.41, 5.74) is -0.531. The van der Waals surface area contributed by atoms with Gasteiger partial charge in [0, 0.05) is 7.05 Å². The summed E-state index contributed by atoms with van der Waals surface area (Å²) >= 11 is 0. The zero-order valence-electron chi connectivity index (χ0n) is 8.95. The van der Waals surface area contributed by atoms with Gasteiger partial charge in [0.05, 0.1) is 0 Å². The molecule has 4 nitrogen and oxygen atoms in total. The Balaban J connectivity index is 2.44. The van der Waals surface area contributed by atoms with Crippen molar-refractivity contribution in [2.45, 2.75) is 12.5 Å². The number of urea groups is 1. The van der Waals surface area contributed by atoms with Crippen LogP contribution in [0, 0.1) is 5.82 Å². The molecule has 1 fully saturated rings. The van der Waals surface area contributed by atoms with Gasteiger partial charge in [-0.25, -0.2) is 9.18 Å². The lowest BCUT2D eigenvalue weighted by Gasteiger charge is -2.21. The summed E-state index contributed by atoms with van der Waals surface area (Å²) in [6.45, 7) is 1.60. The molecule has 0 aliphatic carbocycles. The summed E-state index contributed by atoms with van der Waals surface area (Å²) in [5.74, 6) is -0.721. The van der Waals surface area contributed by atoms with Gasteiger partial charge in [-0.05, 0) is 24.6 Å². The maximum absolute atomic E-state index is 12.8. The van der Waals surface area contributed by atoms with Crippen molar-refractivity contribution in [3.05, 3.63) is 35.6 Å². The largest absolute Gasteiger partial charge is 0.325 e. The Morgan fingerprint density at radius 1 is 1.25 bits per heavy atom. The molecule has 0 aromatic heterocycles. The van der Waals surface area contributed by atoms with E-state index in [1.54, 1.807) is 6.92 Å². The van der Waals surface area contributed by atoms with Crippen molar-refractivity contribution in [3.63, 3.8) is 0 Å². The molecule has 1 aliphatic heterocycles. The molecular weight excluding hydrogens is 211 g/mol. The summed E-state index contributed by atoms with van der Waals surface area (Å²) in [4.78, 5) is 24.2. The zero-order chi connectivity index (χ0) is 11.9. The Kier molecular flexibility index (Phi) is 2.18. The molecule has 1 aromatic rings. The van der Waals surface area contributed by atoms with Crippen LogP contribution < -0.4 is 5.32 Å². The molecule has 1 saturated heterocycles. The average Bonchev–Trinajstić information content (AvgIpc) is 2.45. The van der Waals surface area contributed by atoms with Crippen molar-refractivity contribution >= 4 is 11.9 Å². The minimum atomic E-state index is -1.10. The second-order valence-corrected chi connectivity index (χ2v) is 3.93. The zero-order valence-corrected chi connectivity index (χ0v) is 8.95. The molecule has 1 heterocycles. The summed E-state index contributed by atoms with van der Waals surface area (Å²) in [6, 6.07) is 5.06. The standard InChI is InChI=1S/C11H11FN2O2/c1-11(7-3-5-8(12)6-4-7)9(15)14(2)10(16)13-11/h3-6H,1-2H3,(H,13,16)/t11-/m0/s1. The molecule has 0 radical (unpaired) electrons. The van der Waals surface area contributed by atoms with Gasteiger partial charge in [-0.1, -0.05) is 12.1 Å². The Labute approximate surface area is 92.0 Å². The number of amides is 3. The van der Waals surface area contributed by atoms with Gasteiger partial charge in [0.25, 0.3) is 5.91 Å². The van der Waals surface area contributed by atoms with Gasteiger partial charge in [-0.3, -0.25) is 9.69 Å². The van der Waals surface area contributed by atoms with E-state index in [-0.39, 0.29) is 11.7 Å². The van der Waals surface area contributed by atoms with Crippen molar-refractivity contribution in [3.8, 4) is 0 Å². The molecule has 1 atom stereocenters. The highest BCUT2D eigenvalue weighted by Gasteiger charge is 2.47. The average molecular weight is 222 g/mol. The third kappa shape index (κ3) is 1.36. The highest BCUT2D eigenvalue weighted by Crippen LogP contribution is 2.27. The fourth-order valence-corrected chi connectivity index (χ4v) is 1.76. The Morgan fingerprint density at radius 3 is 2.25 bits per heavy atom. The molecule has 0 bridgehead atoms. The van der Waals surface area contributed by atoms with E-state index in [0.717, 1.165) is 4.90 Å². The molecule has 0 unspecified atom stereocenters. The van der Waals surface area contributed by atoms with Gasteiger partial charge in [0.2, 0.25) is 0 Å². The number of nitrogens with one attached hydrogen (secondary N) is 1. The van der Waals surface area contributed by atoms with E-state index in [1.165, 1.54) is 31.3 Å². The van der Waals surface area contributed by atoms with Crippen LogP contribution in [0.15, 0.2) is 24.3 Å². The smallest absolute Gasteiger partial charge is 0.319 e. The first-order chi connectivity index (χ1) is 7.45. The fourth-order valence-electron chi connectivity index (χ4n) is 1.76. The molecule has 1 N–H and O–H groups in total. The molecule has 5 heteroatoms. The minimum absolute atomic E-state index is 0.343. The van der Waals surface area contributed by atoms with Crippen LogP contribution in [0.3, 0.4) is 0 Å². The van der Waals surface area contributed by atoms with Crippen LogP contribution in [0.5, 0.6) is 0 Å². The Morgan fingerprint density at radius 2 is 1.81 bits per heavy atom. The van der Waals surface area contributed by atoms with E-state index in [9.17, 15) is 14.0 Å². The summed E-state index contributed by atoms with van der Waals surface area (Å²) in [6.07, 6.45) is 0. The third-order valence-electron chi connectivity index (χ3n) is 2.82. The molecule has 0 spiro atoms. The van der Waals surface area contributed by atoms with Gasteiger partial charge >= 0.3 is 6.03 Å². The maximum Gasteiger partial charge on any atom is 0.325 e. The van der Waals surface area contributed by atoms with Crippen LogP contribution in [0.1, 0.15) is 12.5 Å². The molecule has 0 saturated carbocycles. The number of imide groups is 1. The number of benzene rings is 1. The SMILES string of the molecule is CN1C(=O)N[C@@](C)(c2ccc(F)cc2)C1=O. The van der Waals surface area contributed by atoms with Crippen molar-refractivity contribution in [1.29, 1.82) is 0 Å². The van der Waals surface area contributed by atoms with Crippen LogP contribution in [-0.4, -0.2) is 23.9 Å². The molecule has 84 valence electrons. The van der Waals surface area contributed by atoms with E-state index < -0.39 is 11.6 Å². The van der Waals surface area contributed by atoms with Crippen LogP contribution in [0.25, 0.3) is 0 Å². The van der Waals surface area contributed by atoms with Crippen LogP contribution in [0.2, 0.25) is 0 Å². The predicted molar refractivity (Wildman–Crippen MR) is 55.1 cm³/mol. The minimum Gasteiger partial charge on any atom is -0.319 e. The summed E-state index contributed by atoms with van der Waals surface area (Å²) in [5, 5.41) is 2.58. The second-order valence-electron chi connectivity index (χ2n) is 3.93. The number of nitrogens with zero attached hydrogens (tertiary/aromatic N) is 1. The third-order valence-corrected chi connectivity index (χ3v) is 2.82. The number of halogens is 1. The van der Waals surface area contributed by atoms with Crippen molar-refractivity contribution in [1.82, 2.24) is 10.2 Å². The highest BCUT2D eigenvalue weighted by atomic mass is 19.1. The van der Waals surface area contributed by atoms with E-state index in [4.69, 9.17) is 0 Å². The van der Waals surface area contributed by atoms with Crippen LogP contribution in [0.4, 0.5) is 9.18 Å². The normalized spacial score (nSPS) is 24.8. The summed E-state index contributed by atoms with van der Waals surface area (Å²) < 4.78 is 12.8. The van der Waals surface area contributed by atoms with E-state index >= 15 is 0 Å².